The van der Waals surface area contributed by atoms with Gasteiger partial charge in [0.15, 0.2) is 0 Å². The van der Waals surface area contributed by atoms with E-state index < -0.39 is 0 Å². The van der Waals surface area contributed by atoms with Gasteiger partial charge in [-0.2, -0.15) is 0 Å². The van der Waals surface area contributed by atoms with Crippen LogP contribution in [-0.2, 0) is 0 Å². The molecule has 80 valence electrons. The molecule has 0 fully saturated rings. The summed E-state index contributed by atoms with van der Waals surface area (Å²) >= 11 is 1.54. The molecule has 5 heteroatoms. The van der Waals surface area contributed by atoms with E-state index in [1.54, 1.807) is 0 Å². The number of aromatic nitrogens is 2. The maximum Gasteiger partial charge on any atom is 0.276 e. The molecule has 2 N–H and O–H groups in total. The van der Waals surface area contributed by atoms with Crippen LogP contribution in [0.4, 0.5) is 0 Å². The minimum absolute atomic E-state index is 0.140. The van der Waals surface area contributed by atoms with Crippen molar-refractivity contribution in [2.45, 2.75) is 38.5 Å². The van der Waals surface area contributed by atoms with Crippen molar-refractivity contribution in [3.05, 3.63) is 5.89 Å². The predicted octanol–water partition coefficient (Wildman–Crippen LogP) is 2.23. The van der Waals surface area contributed by atoms with Crippen LogP contribution in [0.1, 0.15) is 39.1 Å². The SMILES string of the molecule is CCSc1nnc([C@@H](N)[C@@H](C)CC)o1. The van der Waals surface area contributed by atoms with Gasteiger partial charge in [-0.1, -0.05) is 39.0 Å². The zero-order chi connectivity index (χ0) is 10.6. The molecule has 0 amide bonds. The Bertz CT molecular complexity index is 277. The Morgan fingerprint density at radius 3 is 2.71 bits per heavy atom. The Morgan fingerprint density at radius 2 is 2.14 bits per heavy atom. The van der Waals surface area contributed by atoms with Crippen molar-refractivity contribution >= 4 is 11.8 Å². The molecule has 0 aliphatic rings. The van der Waals surface area contributed by atoms with Crippen molar-refractivity contribution in [1.29, 1.82) is 0 Å². The maximum absolute atomic E-state index is 5.95. The summed E-state index contributed by atoms with van der Waals surface area (Å²) in [6, 6.07) is -0.140. The molecule has 0 saturated heterocycles. The number of nitrogens with two attached hydrogens (primary N) is 1. The van der Waals surface area contributed by atoms with Crippen LogP contribution < -0.4 is 5.73 Å². The highest BCUT2D eigenvalue weighted by molar-refractivity contribution is 7.99. The molecule has 0 aliphatic carbocycles. The minimum atomic E-state index is -0.140. The normalized spacial score (nSPS) is 15.4. The average molecular weight is 215 g/mol. The van der Waals surface area contributed by atoms with Gasteiger partial charge in [-0.15, -0.1) is 10.2 Å². The van der Waals surface area contributed by atoms with E-state index in [4.69, 9.17) is 10.2 Å². The lowest BCUT2D eigenvalue weighted by atomic mass is 10.0. The molecule has 1 rings (SSSR count). The van der Waals surface area contributed by atoms with Crippen LogP contribution in [0.3, 0.4) is 0 Å². The Kier molecular flexibility index (Phi) is 4.41. The van der Waals surface area contributed by atoms with Crippen LogP contribution in [0.15, 0.2) is 9.64 Å². The van der Waals surface area contributed by atoms with Gasteiger partial charge in [-0.05, 0) is 11.7 Å². The van der Waals surface area contributed by atoms with E-state index >= 15 is 0 Å². The molecule has 0 spiro atoms. The third-order valence-corrected chi connectivity index (χ3v) is 2.93. The fourth-order valence-electron chi connectivity index (χ4n) is 1.03. The summed E-state index contributed by atoms with van der Waals surface area (Å²) in [6.07, 6.45) is 1.01. The van der Waals surface area contributed by atoms with Crippen LogP contribution in [0.2, 0.25) is 0 Å². The summed E-state index contributed by atoms with van der Waals surface area (Å²) in [5, 5.41) is 8.46. The van der Waals surface area contributed by atoms with Crippen molar-refractivity contribution in [3.63, 3.8) is 0 Å². The second kappa shape index (κ2) is 5.36. The summed E-state index contributed by atoms with van der Waals surface area (Å²) in [7, 11) is 0. The molecule has 1 heterocycles. The first-order valence-electron chi connectivity index (χ1n) is 4.90. The van der Waals surface area contributed by atoms with E-state index in [0.717, 1.165) is 12.2 Å². The molecule has 14 heavy (non-hydrogen) atoms. The van der Waals surface area contributed by atoms with Crippen LogP contribution in [0.5, 0.6) is 0 Å². The van der Waals surface area contributed by atoms with Crippen LogP contribution >= 0.6 is 11.8 Å². The second-order valence-electron chi connectivity index (χ2n) is 3.25. The zero-order valence-electron chi connectivity index (χ0n) is 8.86. The standard InChI is InChI=1S/C9H17N3OS/c1-4-6(3)7(10)8-11-12-9(13-8)14-5-2/h6-7H,4-5,10H2,1-3H3/t6-,7-/m0/s1. The van der Waals surface area contributed by atoms with Gasteiger partial charge in [0.25, 0.3) is 5.22 Å². The first-order chi connectivity index (χ1) is 6.69. The molecule has 2 atom stereocenters. The lowest BCUT2D eigenvalue weighted by molar-refractivity contribution is 0.333. The van der Waals surface area contributed by atoms with Gasteiger partial charge < -0.3 is 10.2 Å². The van der Waals surface area contributed by atoms with E-state index in [9.17, 15) is 0 Å². The second-order valence-corrected chi connectivity index (χ2v) is 4.47. The number of thioether (sulfide) groups is 1. The molecule has 0 aromatic carbocycles. The fourth-order valence-corrected chi connectivity index (χ4v) is 1.52. The number of hydrogen-bond acceptors (Lipinski definition) is 5. The van der Waals surface area contributed by atoms with Gasteiger partial charge in [0.1, 0.15) is 0 Å². The molecule has 0 saturated carbocycles. The minimum Gasteiger partial charge on any atom is -0.414 e. The lowest BCUT2D eigenvalue weighted by Gasteiger charge is -2.13. The summed E-state index contributed by atoms with van der Waals surface area (Å²) in [4.78, 5) is 0. The molecular weight excluding hydrogens is 198 g/mol. The highest BCUT2D eigenvalue weighted by atomic mass is 32.2. The van der Waals surface area contributed by atoms with E-state index in [1.807, 2.05) is 6.92 Å². The molecule has 0 bridgehead atoms. The highest BCUT2D eigenvalue weighted by Crippen LogP contribution is 2.23. The quantitative estimate of drug-likeness (QED) is 0.763. The lowest BCUT2D eigenvalue weighted by Crippen LogP contribution is -2.18. The van der Waals surface area contributed by atoms with Gasteiger partial charge in [0.2, 0.25) is 5.89 Å². The monoisotopic (exact) mass is 215 g/mol. The smallest absolute Gasteiger partial charge is 0.276 e. The van der Waals surface area contributed by atoms with Crippen molar-refractivity contribution in [2.24, 2.45) is 11.7 Å². The Balaban J connectivity index is 2.65. The van der Waals surface area contributed by atoms with E-state index in [0.29, 0.717) is 17.0 Å². The van der Waals surface area contributed by atoms with Gasteiger partial charge in [0, 0.05) is 0 Å². The molecule has 0 unspecified atom stereocenters. The van der Waals surface area contributed by atoms with Crippen LogP contribution in [0, 0.1) is 5.92 Å². The van der Waals surface area contributed by atoms with Gasteiger partial charge in [-0.25, -0.2) is 0 Å². The Labute approximate surface area is 88.7 Å². The summed E-state index contributed by atoms with van der Waals surface area (Å²) in [6.45, 7) is 6.23. The van der Waals surface area contributed by atoms with Gasteiger partial charge >= 0.3 is 0 Å². The maximum atomic E-state index is 5.95. The third kappa shape index (κ3) is 2.72. The number of rotatable bonds is 5. The third-order valence-electron chi connectivity index (χ3n) is 2.23. The predicted molar refractivity (Wildman–Crippen MR) is 57.1 cm³/mol. The topological polar surface area (TPSA) is 64.9 Å². The summed E-state index contributed by atoms with van der Waals surface area (Å²) in [5.74, 6) is 1.85. The van der Waals surface area contributed by atoms with E-state index in [-0.39, 0.29) is 6.04 Å². The molecule has 1 aromatic heterocycles. The molecule has 0 radical (unpaired) electrons. The first-order valence-corrected chi connectivity index (χ1v) is 5.89. The summed E-state index contributed by atoms with van der Waals surface area (Å²) in [5.41, 5.74) is 5.95. The zero-order valence-corrected chi connectivity index (χ0v) is 9.67. The van der Waals surface area contributed by atoms with Crippen LogP contribution in [-0.4, -0.2) is 16.0 Å². The number of nitrogens with zero attached hydrogens (tertiary/aromatic N) is 2. The molecular formula is C9H17N3OS. The molecule has 1 aromatic rings. The van der Waals surface area contributed by atoms with Crippen molar-refractivity contribution in [2.75, 3.05) is 5.75 Å². The van der Waals surface area contributed by atoms with Crippen molar-refractivity contribution in [1.82, 2.24) is 10.2 Å². The van der Waals surface area contributed by atoms with Gasteiger partial charge in [0.05, 0.1) is 6.04 Å². The van der Waals surface area contributed by atoms with Crippen LogP contribution in [0.25, 0.3) is 0 Å². The van der Waals surface area contributed by atoms with Gasteiger partial charge in [-0.3, -0.25) is 0 Å². The van der Waals surface area contributed by atoms with E-state index in [1.165, 1.54) is 11.8 Å². The Hall–Kier alpha value is -0.550. The first kappa shape index (κ1) is 11.5. The molecule has 4 nitrogen and oxygen atoms in total. The fraction of sp³-hybridized carbons (Fsp3) is 0.778. The molecule has 0 aliphatic heterocycles. The Morgan fingerprint density at radius 1 is 1.43 bits per heavy atom. The van der Waals surface area contributed by atoms with E-state index in [2.05, 4.69) is 24.0 Å². The largest absolute Gasteiger partial charge is 0.414 e. The van der Waals surface area contributed by atoms with Crippen molar-refractivity contribution in [3.8, 4) is 0 Å². The summed E-state index contributed by atoms with van der Waals surface area (Å²) < 4.78 is 5.42. The average Bonchev–Trinajstić information content (AvgIpc) is 2.64. The number of hydrogen-bond donors (Lipinski definition) is 1. The van der Waals surface area contributed by atoms with Crippen molar-refractivity contribution < 1.29 is 4.42 Å². The highest BCUT2D eigenvalue weighted by Gasteiger charge is 2.19.